The van der Waals surface area contributed by atoms with E-state index in [4.69, 9.17) is 15.3 Å². The van der Waals surface area contributed by atoms with Crippen LogP contribution in [0.1, 0.15) is 0 Å². The maximum absolute atomic E-state index is 8.25. The molecule has 0 unspecified atom stereocenters. The monoisotopic (exact) mass is 113 g/mol. The van der Waals surface area contributed by atoms with Crippen molar-refractivity contribution in [3.8, 4) is 0 Å². The third kappa shape index (κ3) is 221. The van der Waals surface area contributed by atoms with Crippen molar-refractivity contribution in [2.24, 2.45) is 0 Å². The average Bonchev–Trinajstić information content (AvgIpc) is 0.811. The van der Waals surface area contributed by atoms with E-state index in [2.05, 4.69) is 0 Å². The van der Waals surface area contributed by atoms with Crippen LogP contribution in [0.2, 0.25) is 0 Å². The number of hydrogen-bond donors (Lipinski definition) is 0. The molecule has 0 saturated carbocycles. The zero-order valence-electron chi connectivity index (χ0n) is 2.96. The normalized spacial score (nSPS) is 4.00. The average molecular weight is 113 g/mol. The molecule has 0 heterocycles. The second-order valence-electron chi connectivity index (χ2n) is 0.224. The quantitative estimate of drug-likeness (QED) is 0.230. The van der Waals surface area contributed by atoms with E-state index in [-0.39, 0.29) is 40.4 Å². The SMILES string of the molecule is O=[N+]([O-])[O-].[Al+3].[Mg+2]. The van der Waals surface area contributed by atoms with Gasteiger partial charge in [-0.1, -0.05) is 0 Å². The van der Waals surface area contributed by atoms with Crippen LogP contribution in [0.5, 0.6) is 0 Å². The number of rotatable bonds is 0. The summed E-state index contributed by atoms with van der Waals surface area (Å²) in [6.07, 6.45) is 0. The molecule has 0 atom stereocenters. The van der Waals surface area contributed by atoms with Crippen LogP contribution < -0.4 is 0 Å². The molecule has 0 amide bonds. The molecule has 0 aliphatic rings. The zero-order chi connectivity index (χ0) is 3.58. The molecule has 0 aliphatic heterocycles. The molecular formula is AlMgNO3+4. The van der Waals surface area contributed by atoms with Gasteiger partial charge in [-0.2, -0.15) is 0 Å². The smallest absolute Gasteiger partial charge is 0.356 e. The van der Waals surface area contributed by atoms with Gasteiger partial charge < -0.3 is 15.3 Å². The summed E-state index contributed by atoms with van der Waals surface area (Å²) >= 11 is 0. The third-order valence-electron chi connectivity index (χ3n) is 0. The summed E-state index contributed by atoms with van der Waals surface area (Å²) in [5, 5.41) is 14.8. The Morgan fingerprint density at radius 2 is 1.33 bits per heavy atom. The molecule has 0 rings (SSSR count). The molecule has 0 fully saturated rings. The van der Waals surface area contributed by atoms with Crippen LogP contribution in [0, 0.1) is 15.3 Å². The molecule has 4 nitrogen and oxygen atoms in total. The van der Waals surface area contributed by atoms with Crippen LogP contribution in [0.4, 0.5) is 0 Å². The van der Waals surface area contributed by atoms with Crippen molar-refractivity contribution >= 4 is 40.4 Å². The predicted molar refractivity (Wildman–Crippen MR) is 21.9 cm³/mol. The van der Waals surface area contributed by atoms with Gasteiger partial charge in [0, 0.05) is 0 Å². The fourth-order valence-corrected chi connectivity index (χ4v) is 0. The van der Waals surface area contributed by atoms with Gasteiger partial charge in [0.1, 0.15) is 0 Å². The van der Waals surface area contributed by atoms with E-state index in [0.717, 1.165) is 0 Å². The van der Waals surface area contributed by atoms with Crippen LogP contribution >= 0.6 is 0 Å². The Morgan fingerprint density at radius 3 is 1.33 bits per heavy atom. The summed E-state index contributed by atoms with van der Waals surface area (Å²) in [7, 11) is 0. The first-order valence-corrected chi connectivity index (χ1v) is 0.548. The van der Waals surface area contributed by atoms with Gasteiger partial charge in [0.25, 0.3) is 0 Å². The maximum atomic E-state index is 8.25. The Morgan fingerprint density at radius 1 is 1.33 bits per heavy atom. The van der Waals surface area contributed by atoms with Gasteiger partial charge in [0.2, 0.25) is 0 Å². The Labute approximate surface area is 60.9 Å². The Bertz CT molecular complexity index is 33.8. The molecule has 6 heteroatoms. The Balaban J connectivity index is -0.0000000450. The van der Waals surface area contributed by atoms with Gasteiger partial charge >= 0.3 is 40.4 Å². The molecular weight excluding hydrogens is 113 g/mol. The van der Waals surface area contributed by atoms with Crippen molar-refractivity contribution in [2.75, 3.05) is 0 Å². The first-order chi connectivity index (χ1) is 1.73. The fraction of sp³-hybridized carbons (Fsp3) is 0. The first kappa shape index (κ1) is 16.1. The Kier molecular flexibility index (Phi) is 24.3. The van der Waals surface area contributed by atoms with Crippen molar-refractivity contribution < 1.29 is 5.09 Å². The van der Waals surface area contributed by atoms with Gasteiger partial charge in [0.05, 0.1) is 5.09 Å². The zero-order valence-corrected chi connectivity index (χ0v) is 5.53. The van der Waals surface area contributed by atoms with Crippen molar-refractivity contribution in [3.05, 3.63) is 15.3 Å². The van der Waals surface area contributed by atoms with Gasteiger partial charge in [-0.3, -0.25) is 0 Å². The van der Waals surface area contributed by atoms with Crippen molar-refractivity contribution in [3.63, 3.8) is 0 Å². The summed E-state index contributed by atoms with van der Waals surface area (Å²) in [5.74, 6) is 0. The molecule has 0 N–H and O–H groups in total. The van der Waals surface area contributed by atoms with Crippen LogP contribution in [0.25, 0.3) is 0 Å². The summed E-state index contributed by atoms with van der Waals surface area (Å²) in [6, 6.07) is 0. The maximum Gasteiger partial charge on any atom is 3.00 e. The molecule has 0 bridgehead atoms. The molecule has 0 aliphatic carbocycles. The van der Waals surface area contributed by atoms with Gasteiger partial charge in [0.15, 0.2) is 0 Å². The van der Waals surface area contributed by atoms with Crippen LogP contribution in [0.3, 0.4) is 0 Å². The molecule has 24 valence electrons. The van der Waals surface area contributed by atoms with E-state index >= 15 is 0 Å². The van der Waals surface area contributed by atoms with Crippen LogP contribution in [0.15, 0.2) is 0 Å². The summed E-state index contributed by atoms with van der Waals surface area (Å²) < 4.78 is 0. The van der Waals surface area contributed by atoms with Gasteiger partial charge in [-0.05, 0) is 0 Å². The van der Waals surface area contributed by atoms with Gasteiger partial charge in [-0.25, -0.2) is 0 Å². The second kappa shape index (κ2) is 9.09. The fourth-order valence-electron chi connectivity index (χ4n) is 0. The number of hydrogen-bond acceptors (Lipinski definition) is 3. The van der Waals surface area contributed by atoms with E-state index < -0.39 is 5.09 Å². The van der Waals surface area contributed by atoms with E-state index in [0.29, 0.717) is 0 Å². The van der Waals surface area contributed by atoms with Crippen molar-refractivity contribution in [1.29, 1.82) is 0 Å². The topological polar surface area (TPSA) is 66.2 Å². The minimum Gasteiger partial charge on any atom is -0.356 e. The summed E-state index contributed by atoms with van der Waals surface area (Å²) in [6.45, 7) is 0. The minimum atomic E-state index is -1.75. The Hall–Kier alpha value is 0.499. The number of nitrogens with zero attached hydrogens (tertiary/aromatic N) is 1. The summed E-state index contributed by atoms with van der Waals surface area (Å²) in [4.78, 5) is 8.25. The largest absolute Gasteiger partial charge is 3.00 e. The summed E-state index contributed by atoms with van der Waals surface area (Å²) in [5.41, 5.74) is 0. The molecule has 6 heavy (non-hydrogen) atoms. The molecule has 0 spiro atoms. The first-order valence-electron chi connectivity index (χ1n) is 0.548. The van der Waals surface area contributed by atoms with E-state index in [9.17, 15) is 0 Å². The van der Waals surface area contributed by atoms with Crippen molar-refractivity contribution in [1.82, 2.24) is 0 Å². The molecule has 0 aromatic heterocycles. The molecule has 0 aromatic carbocycles. The van der Waals surface area contributed by atoms with E-state index in [1.807, 2.05) is 0 Å². The van der Waals surface area contributed by atoms with Gasteiger partial charge in [-0.15, -0.1) is 0 Å². The minimum absolute atomic E-state index is 0. The van der Waals surface area contributed by atoms with E-state index in [1.165, 1.54) is 0 Å². The standard InChI is InChI=1S/Al.Mg.NO3/c;;2-1(3)4/q+3;+2;-1. The van der Waals surface area contributed by atoms with Crippen LogP contribution in [-0.2, 0) is 0 Å². The molecule has 0 saturated heterocycles. The third-order valence-corrected chi connectivity index (χ3v) is 0. The predicted octanol–water partition coefficient (Wildman–Crippen LogP) is -1.00. The van der Waals surface area contributed by atoms with Crippen LogP contribution in [-0.4, -0.2) is 45.5 Å². The van der Waals surface area contributed by atoms with Crippen molar-refractivity contribution in [2.45, 2.75) is 0 Å². The molecule has 0 aromatic rings. The van der Waals surface area contributed by atoms with E-state index in [1.54, 1.807) is 0 Å². The molecule has 0 radical (unpaired) electrons. The second-order valence-corrected chi connectivity index (χ2v) is 0.224.